The van der Waals surface area contributed by atoms with E-state index in [9.17, 15) is 22.4 Å². The number of halogens is 1. The highest BCUT2D eigenvalue weighted by molar-refractivity contribution is 7.92. The lowest BCUT2D eigenvalue weighted by Crippen LogP contribution is -2.51. The van der Waals surface area contributed by atoms with Gasteiger partial charge in [-0.05, 0) is 54.2 Å². The number of nitrogens with zero attached hydrogens (tertiary/aromatic N) is 2. The van der Waals surface area contributed by atoms with Crippen LogP contribution in [0.4, 0.5) is 10.1 Å². The zero-order valence-electron chi connectivity index (χ0n) is 21.3. The molecule has 192 valence electrons. The molecular formula is C26H36FN3O4S. The molecule has 0 aromatic heterocycles. The van der Waals surface area contributed by atoms with Crippen LogP contribution in [0.25, 0.3) is 0 Å². The van der Waals surface area contributed by atoms with Gasteiger partial charge in [0.1, 0.15) is 18.4 Å². The highest BCUT2D eigenvalue weighted by Crippen LogP contribution is 2.23. The van der Waals surface area contributed by atoms with Crippen LogP contribution >= 0.6 is 0 Å². The summed E-state index contributed by atoms with van der Waals surface area (Å²) in [6.07, 6.45) is 1.04. The summed E-state index contributed by atoms with van der Waals surface area (Å²) >= 11 is 0. The molecule has 0 spiro atoms. The van der Waals surface area contributed by atoms with Gasteiger partial charge in [-0.15, -0.1) is 0 Å². The minimum atomic E-state index is -3.79. The van der Waals surface area contributed by atoms with Gasteiger partial charge in [-0.1, -0.05) is 52.0 Å². The Bertz CT molecular complexity index is 1100. The number of sulfonamides is 1. The van der Waals surface area contributed by atoms with Crippen molar-refractivity contribution in [1.29, 1.82) is 0 Å². The van der Waals surface area contributed by atoms with E-state index in [1.54, 1.807) is 19.1 Å². The molecule has 9 heteroatoms. The molecule has 2 aromatic carbocycles. The predicted molar refractivity (Wildman–Crippen MR) is 137 cm³/mol. The number of rotatable bonds is 11. The van der Waals surface area contributed by atoms with Crippen LogP contribution in [0.2, 0.25) is 0 Å². The number of carbonyl (C=O) groups is 2. The van der Waals surface area contributed by atoms with Crippen molar-refractivity contribution in [1.82, 2.24) is 10.2 Å². The van der Waals surface area contributed by atoms with Gasteiger partial charge >= 0.3 is 0 Å². The molecule has 1 N–H and O–H groups in total. The molecule has 35 heavy (non-hydrogen) atoms. The molecule has 0 bridgehead atoms. The van der Waals surface area contributed by atoms with E-state index in [4.69, 9.17) is 0 Å². The van der Waals surface area contributed by atoms with Crippen molar-refractivity contribution in [2.45, 2.75) is 53.1 Å². The summed E-state index contributed by atoms with van der Waals surface area (Å²) in [4.78, 5) is 27.6. The minimum absolute atomic E-state index is 0.0271. The van der Waals surface area contributed by atoms with Gasteiger partial charge in [0.05, 0.1) is 11.9 Å². The molecule has 0 aliphatic rings. The first-order chi connectivity index (χ1) is 16.3. The molecule has 0 saturated carbocycles. The van der Waals surface area contributed by atoms with Gasteiger partial charge in [-0.2, -0.15) is 0 Å². The minimum Gasteiger partial charge on any atom is -0.354 e. The van der Waals surface area contributed by atoms with Gasteiger partial charge in [0, 0.05) is 13.1 Å². The van der Waals surface area contributed by atoms with Crippen molar-refractivity contribution in [3.63, 3.8) is 0 Å². The highest BCUT2D eigenvalue weighted by atomic mass is 32.2. The van der Waals surface area contributed by atoms with E-state index in [-0.39, 0.29) is 24.3 Å². The third-order valence-corrected chi connectivity index (χ3v) is 6.79. The van der Waals surface area contributed by atoms with Crippen LogP contribution in [-0.4, -0.2) is 50.5 Å². The van der Waals surface area contributed by atoms with Crippen LogP contribution in [0.3, 0.4) is 0 Å². The zero-order chi connectivity index (χ0) is 26.3. The molecular weight excluding hydrogens is 469 g/mol. The Hall–Kier alpha value is -2.94. The second-order valence-corrected chi connectivity index (χ2v) is 11.4. The van der Waals surface area contributed by atoms with E-state index >= 15 is 0 Å². The average molecular weight is 506 g/mol. The Morgan fingerprint density at radius 3 is 2.00 bits per heavy atom. The molecule has 2 rings (SSSR count). The lowest BCUT2D eigenvalue weighted by molar-refractivity contribution is -0.139. The average Bonchev–Trinajstić information content (AvgIpc) is 2.79. The molecule has 2 amide bonds. The summed E-state index contributed by atoms with van der Waals surface area (Å²) < 4.78 is 39.7. The monoisotopic (exact) mass is 505 g/mol. The number of nitrogens with one attached hydrogen (secondary N) is 1. The quantitative estimate of drug-likeness (QED) is 0.502. The first-order valence-corrected chi connectivity index (χ1v) is 13.5. The lowest BCUT2D eigenvalue weighted by atomic mass is 10.0. The Morgan fingerprint density at radius 2 is 1.51 bits per heavy atom. The second kappa shape index (κ2) is 12.2. The smallest absolute Gasteiger partial charge is 0.244 e. The second-order valence-electron chi connectivity index (χ2n) is 9.48. The van der Waals surface area contributed by atoms with Crippen LogP contribution < -0.4 is 9.62 Å². The van der Waals surface area contributed by atoms with Crippen LogP contribution in [0.15, 0.2) is 48.5 Å². The van der Waals surface area contributed by atoms with Crippen molar-refractivity contribution < 1.29 is 22.4 Å². The van der Waals surface area contributed by atoms with Crippen molar-refractivity contribution in [2.24, 2.45) is 5.92 Å². The third-order valence-electron chi connectivity index (χ3n) is 5.64. The summed E-state index contributed by atoms with van der Waals surface area (Å²) in [5, 5.41) is 2.82. The summed E-state index contributed by atoms with van der Waals surface area (Å²) in [5.74, 6) is -0.806. The summed E-state index contributed by atoms with van der Waals surface area (Å²) in [7, 11) is -3.79. The van der Waals surface area contributed by atoms with Crippen molar-refractivity contribution in [3.05, 3.63) is 65.5 Å². The van der Waals surface area contributed by atoms with Crippen molar-refractivity contribution in [3.8, 4) is 0 Å². The van der Waals surface area contributed by atoms with Gasteiger partial charge in [0.2, 0.25) is 21.8 Å². The van der Waals surface area contributed by atoms with Gasteiger partial charge in [0.25, 0.3) is 0 Å². The summed E-state index contributed by atoms with van der Waals surface area (Å²) in [6, 6.07) is 11.8. The molecule has 1 atom stereocenters. The molecule has 0 unspecified atom stereocenters. The van der Waals surface area contributed by atoms with E-state index < -0.39 is 34.3 Å². The molecule has 2 aromatic rings. The fourth-order valence-electron chi connectivity index (χ4n) is 3.46. The Morgan fingerprint density at radius 1 is 0.943 bits per heavy atom. The number of amides is 2. The summed E-state index contributed by atoms with van der Waals surface area (Å²) in [6.45, 7) is 9.58. The number of hydrogen-bond acceptors (Lipinski definition) is 4. The fourth-order valence-corrected chi connectivity index (χ4v) is 4.31. The van der Waals surface area contributed by atoms with Gasteiger partial charge in [-0.3, -0.25) is 13.9 Å². The van der Waals surface area contributed by atoms with E-state index in [0.717, 1.165) is 16.1 Å². The first kappa shape index (κ1) is 28.3. The standard InChI is InChI=1S/C26H36FN3O4S/c1-18(2)15-28-26(32)20(5)29(16-21-7-11-23(27)12-8-21)25(31)17-30(35(6,33)34)24-13-9-22(10-14-24)19(3)4/h7-14,18-20H,15-17H2,1-6H3,(H,28,32)/t20-/m0/s1. The van der Waals surface area contributed by atoms with E-state index in [0.29, 0.717) is 17.8 Å². The summed E-state index contributed by atoms with van der Waals surface area (Å²) in [5.41, 5.74) is 2.03. The number of carbonyl (C=O) groups excluding carboxylic acids is 2. The van der Waals surface area contributed by atoms with Crippen LogP contribution in [0.5, 0.6) is 0 Å². The predicted octanol–water partition coefficient (Wildman–Crippen LogP) is 3.90. The van der Waals surface area contributed by atoms with Crippen LogP contribution in [0, 0.1) is 11.7 Å². The molecule has 0 aliphatic heterocycles. The Kier molecular flexibility index (Phi) is 9.82. The Labute approximate surface area is 208 Å². The Balaban J connectivity index is 2.35. The molecule has 0 aliphatic carbocycles. The topological polar surface area (TPSA) is 86.8 Å². The number of benzene rings is 2. The molecule has 0 saturated heterocycles. The lowest BCUT2D eigenvalue weighted by Gasteiger charge is -2.31. The first-order valence-electron chi connectivity index (χ1n) is 11.7. The van der Waals surface area contributed by atoms with E-state index in [1.165, 1.54) is 29.2 Å². The highest BCUT2D eigenvalue weighted by Gasteiger charge is 2.30. The normalized spacial score (nSPS) is 12.5. The fraction of sp³-hybridized carbons (Fsp3) is 0.462. The SMILES string of the molecule is CC(C)CNC(=O)[C@H](C)N(Cc1ccc(F)cc1)C(=O)CN(c1ccc(C(C)C)cc1)S(C)(=O)=O. The molecule has 0 heterocycles. The zero-order valence-corrected chi connectivity index (χ0v) is 22.1. The van der Waals surface area contributed by atoms with Gasteiger partial charge in [0.15, 0.2) is 0 Å². The van der Waals surface area contributed by atoms with E-state index in [2.05, 4.69) is 5.32 Å². The molecule has 0 fully saturated rings. The van der Waals surface area contributed by atoms with E-state index in [1.807, 2.05) is 39.8 Å². The largest absolute Gasteiger partial charge is 0.354 e. The van der Waals surface area contributed by atoms with Gasteiger partial charge in [-0.25, -0.2) is 12.8 Å². The molecule has 0 radical (unpaired) electrons. The third kappa shape index (κ3) is 8.35. The van der Waals surface area contributed by atoms with Crippen molar-refractivity contribution in [2.75, 3.05) is 23.7 Å². The number of anilines is 1. The number of hydrogen-bond donors (Lipinski definition) is 1. The maximum absolute atomic E-state index is 13.5. The van der Waals surface area contributed by atoms with Gasteiger partial charge < -0.3 is 10.2 Å². The maximum Gasteiger partial charge on any atom is 0.244 e. The maximum atomic E-state index is 13.5. The van der Waals surface area contributed by atoms with Crippen LogP contribution in [0.1, 0.15) is 51.7 Å². The van der Waals surface area contributed by atoms with Crippen molar-refractivity contribution >= 4 is 27.5 Å². The molecule has 7 nitrogen and oxygen atoms in total. The van der Waals surface area contributed by atoms with Crippen LogP contribution in [-0.2, 0) is 26.2 Å².